The number of anilines is 1. The van der Waals surface area contributed by atoms with Crippen LogP contribution in [0.1, 0.15) is 31.4 Å². The SMILES string of the molecule is CCNc1cc(CC)nc(C2CSCCN2C)n1. The molecule has 1 unspecified atom stereocenters. The van der Waals surface area contributed by atoms with Gasteiger partial charge in [0, 0.05) is 36.4 Å². The van der Waals surface area contributed by atoms with E-state index in [1.807, 2.05) is 11.8 Å². The summed E-state index contributed by atoms with van der Waals surface area (Å²) in [5.41, 5.74) is 1.12. The van der Waals surface area contributed by atoms with Gasteiger partial charge in [0.2, 0.25) is 0 Å². The van der Waals surface area contributed by atoms with Gasteiger partial charge < -0.3 is 5.32 Å². The van der Waals surface area contributed by atoms with Crippen molar-refractivity contribution in [1.29, 1.82) is 0 Å². The van der Waals surface area contributed by atoms with Crippen LogP contribution in [0.2, 0.25) is 0 Å². The van der Waals surface area contributed by atoms with Gasteiger partial charge >= 0.3 is 0 Å². The van der Waals surface area contributed by atoms with Crippen LogP contribution in [0.3, 0.4) is 0 Å². The molecule has 5 heteroatoms. The molecule has 0 saturated carbocycles. The molecule has 100 valence electrons. The summed E-state index contributed by atoms with van der Waals surface area (Å²) in [5.74, 6) is 4.23. The molecule has 1 atom stereocenters. The van der Waals surface area contributed by atoms with Gasteiger partial charge in [-0.2, -0.15) is 11.8 Å². The first-order chi connectivity index (χ1) is 8.74. The molecule has 1 aliphatic heterocycles. The number of aromatic nitrogens is 2. The van der Waals surface area contributed by atoms with Gasteiger partial charge in [0.15, 0.2) is 0 Å². The van der Waals surface area contributed by atoms with Gasteiger partial charge in [-0.25, -0.2) is 9.97 Å². The van der Waals surface area contributed by atoms with Crippen molar-refractivity contribution in [3.05, 3.63) is 17.6 Å². The Balaban J connectivity index is 2.27. The van der Waals surface area contributed by atoms with Gasteiger partial charge in [0.25, 0.3) is 0 Å². The molecule has 1 N–H and O–H groups in total. The highest BCUT2D eigenvalue weighted by atomic mass is 32.2. The molecule has 0 aromatic carbocycles. The molecule has 0 bridgehead atoms. The first-order valence-electron chi connectivity index (χ1n) is 6.64. The Labute approximate surface area is 114 Å². The number of nitrogens with one attached hydrogen (secondary N) is 1. The van der Waals surface area contributed by atoms with E-state index in [4.69, 9.17) is 4.98 Å². The van der Waals surface area contributed by atoms with Crippen molar-refractivity contribution in [3.63, 3.8) is 0 Å². The lowest BCUT2D eigenvalue weighted by atomic mass is 10.2. The lowest BCUT2D eigenvalue weighted by Crippen LogP contribution is -2.34. The zero-order chi connectivity index (χ0) is 13.0. The molecule has 18 heavy (non-hydrogen) atoms. The fourth-order valence-electron chi connectivity index (χ4n) is 2.08. The van der Waals surface area contributed by atoms with E-state index in [1.165, 1.54) is 5.75 Å². The van der Waals surface area contributed by atoms with E-state index in [2.05, 4.69) is 42.2 Å². The fraction of sp³-hybridized carbons (Fsp3) is 0.692. The van der Waals surface area contributed by atoms with Crippen LogP contribution in [-0.2, 0) is 6.42 Å². The minimum absolute atomic E-state index is 0.354. The van der Waals surface area contributed by atoms with Crippen LogP contribution in [0.15, 0.2) is 6.07 Å². The Morgan fingerprint density at radius 1 is 1.44 bits per heavy atom. The van der Waals surface area contributed by atoms with Crippen LogP contribution < -0.4 is 5.32 Å². The van der Waals surface area contributed by atoms with Crippen molar-refractivity contribution in [3.8, 4) is 0 Å². The topological polar surface area (TPSA) is 41.1 Å². The maximum atomic E-state index is 4.70. The molecule has 1 saturated heterocycles. The van der Waals surface area contributed by atoms with Crippen LogP contribution in [0.25, 0.3) is 0 Å². The van der Waals surface area contributed by atoms with Gasteiger partial charge in [-0.1, -0.05) is 6.92 Å². The molecule has 1 aromatic rings. The van der Waals surface area contributed by atoms with Gasteiger partial charge in [0.1, 0.15) is 11.6 Å². The summed E-state index contributed by atoms with van der Waals surface area (Å²) < 4.78 is 0. The maximum Gasteiger partial charge on any atom is 0.148 e. The highest BCUT2D eigenvalue weighted by molar-refractivity contribution is 7.99. The average Bonchev–Trinajstić information content (AvgIpc) is 2.39. The lowest BCUT2D eigenvalue weighted by Gasteiger charge is -2.31. The zero-order valence-electron chi connectivity index (χ0n) is 11.4. The Kier molecular flexibility index (Phi) is 4.83. The van der Waals surface area contributed by atoms with Crippen molar-refractivity contribution in [1.82, 2.24) is 14.9 Å². The van der Waals surface area contributed by atoms with Crippen LogP contribution in [0.5, 0.6) is 0 Å². The number of hydrogen-bond donors (Lipinski definition) is 1. The summed E-state index contributed by atoms with van der Waals surface area (Å²) in [6, 6.07) is 2.41. The van der Waals surface area contributed by atoms with Gasteiger partial charge in [-0.3, -0.25) is 4.90 Å². The predicted molar refractivity (Wildman–Crippen MR) is 78.3 cm³/mol. The highest BCUT2D eigenvalue weighted by Gasteiger charge is 2.24. The Hall–Kier alpha value is -0.810. The van der Waals surface area contributed by atoms with E-state index >= 15 is 0 Å². The molecule has 0 aliphatic carbocycles. The fourth-order valence-corrected chi connectivity index (χ4v) is 3.29. The number of nitrogens with zero attached hydrogens (tertiary/aromatic N) is 3. The minimum atomic E-state index is 0.354. The second-order valence-corrected chi connectivity index (χ2v) is 5.71. The predicted octanol–water partition coefficient (Wildman–Crippen LogP) is 2.19. The molecule has 1 aliphatic rings. The van der Waals surface area contributed by atoms with Crippen molar-refractivity contribution in [2.75, 3.05) is 37.0 Å². The molecule has 2 rings (SSSR count). The molecule has 1 fully saturated rings. The van der Waals surface area contributed by atoms with Gasteiger partial charge in [0.05, 0.1) is 6.04 Å². The van der Waals surface area contributed by atoms with Crippen molar-refractivity contribution >= 4 is 17.6 Å². The van der Waals surface area contributed by atoms with Crippen LogP contribution in [0.4, 0.5) is 5.82 Å². The van der Waals surface area contributed by atoms with Crippen LogP contribution >= 0.6 is 11.8 Å². The maximum absolute atomic E-state index is 4.70. The first kappa shape index (κ1) is 13.6. The Morgan fingerprint density at radius 2 is 2.28 bits per heavy atom. The number of rotatable bonds is 4. The van der Waals surface area contributed by atoms with Crippen LogP contribution in [0, 0.1) is 0 Å². The summed E-state index contributed by atoms with van der Waals surface area (Å²) in [6.45, 7) is 6.25. The van der Waals surface area contributed by atoms with Crippen LogP contribution in [-0.4, -0.2) is 46.5 Å². The summed E-state index contributed by atoms with van der Waals surface area (Å²) in [4.78, 5) is 11.7. The Morgan fingerprint density at radius 3 is 2.94 bits per heavy atom. The molecule has 0 radical (unpaired) electrons. The quantitative estimate of drug-likeness (QED) is 0.904. The molecule has 0 amide bonds. The van der Waals surface area contributed by atoms with E-state index in [-0.39, 0.29) is 0 Å². The van der Waals surface area contributed by atoms with Crippen molar-refractivity contribution in [2.24, 2.45) is 0 Å². The molecular weight excluding hydrogens is 244 g/mol. The first-order valence-corrected chi connectivity index (χ1v) is 7.79. The third-order valence-electron chi connectivity index (χ3n) is 3.21. The monoisotopic (exact) mass is 266 g/mol. The lowest BCUT2D eigenvalue weighted by molar-refractivity contribution is 0.264. The second kappa shape index (κ2) is 6.38. The second-order valence-electron chi connectivity index (χ2n) is 4.56. The highest BCUT2D eigenvalue weighted by Crippen LogP contribution is 2.26. The summed E-state index contributed by atoms with van der Waals surface area (Å²) >= 11 is 1.99. The molecule has 2 heterocycles. The van der Waals surface area contributed by atoms with E-state index < -0.39 is 0 Å². The third kappa shape index (κ3) is 3.14. The number of thioether (sulfide) groups is 1. The van der Waals surface area contributed by atoms with Crippen molar-refractivity contribution < 1.29 is 0 Å². The minimum Gasteiger partial charge on any atom is -0.370 e. The standard InChI is InChI=1S/C13H22N4S/c1-4-10-8-12(14-5-2)16-13(15-10)11-9-18-7-6-17(11)3/h8,11H,4-7,9H2,1-3H3,(H,14,15,16). The molecule has 4 nitrogen and oxygen atoms in total. The third-order valence-corrected chi connectivity index (χ3v) is 4.23. The van der Waals surface area contributed by atoms with E-state index in [9.17, 15) is 0 Å². The largest absolute Gasteiger partial charge is 0.370 e. The average molecular weight is 266 g/mol. The van der Waals surface area contributed by atoms with Gasteiger partial charge in [-0.05, 0) is 20.4 Å². The zero-order valence-corrected chi connectivity index (χ0v) is 12.3. The molecule has 1 aromatic heterocycles. The normalized spacial score (nSPS) is 20.9. The molecular formula is C13H22N4S. The van der Waals surface area contributed by atoms with Crippen molar-refractivity contribution in [2.45, 2.75) is 26.3 Å². The number of aryl methyl sites for hydroxylation is 1. The van der Waals surface area contributed by atoms with E-state index in [1.54, 1.807) is 0 Å². The van der Waals surface area contributed by atoms with E-state index in [0.29, 0.717) is 6.04 Å². The number of hydrogen-bond acceptors (Lipinski definition) is 5. The summed E-state index contributed by atoms with van der Waals surface area (Å²) in [7, 11) is 2.17. The molecule has 0 spiro atoms. The summed E-state index contributed by atoms with van der Waals surface area (Å²) in [6.07, 6.45) is 0.956. The Bertz CT molecular complexity index is 397. The smallest absolute Gasteiger partial charge is 0.148 e. The van der Waals surface area contributed by atoms with Gasteiger partial charge in [-0.15, -0.1) is 0 Å². The van der Waals surface area contributed by atoms with E-state index in [0.717, 1.165) is 42.6 Å². The summed E-state index contributed by atoms with van der Waals surface area (Å²) in [5, 5.41) is 3.30.